The van der Waals surface area contributed by atoms with Gasteiger partial charge in [-0.2, -0.15) is 0 Å². The summed E-state index contributed by atoms with van der Waals surface area (Å²) in [4.78, 5) is 4.56. The Labute approximate surface area is 129 Å². The molecule has 1 aromatic rings. The van der Waals surface area contributed by atoms with Crippen molar-refractivity contribution >= 4 is 0 Å². The molecule has 3 nitrogen and oxygen atoms in total. The van der Waals surface area contributed by atoms with E-state index >= 15 is 0 Å². The highest BCUT2D eigenvalue weighted by molar-refractivity contribution is 5.15. The molecule has 21 heavy (non-hydrogen) atoms. The Balaban J connectivity index is 2.08. The lowest BCUT2D eigenvalue weighted by Gasteiger charge is -2.44. The van der Waals surface area contributed by atoms with Gasteiger partial charge < -0.3 is 10.5 Å². The molecule has 0 spiro atoms. The van der Waals surface area contributed by atoms with Gasteiger partial charge in [0.2, 0.25) is 0 Å². The van der Waals surface area contributed by atoms with E-state index in [9.17, 15) is 0 Å². The zero-order valence-corrected chi connectivity index (χ0v) is 13.8. The van der Waals surface area contributed by atoms with E-state index in [0.717, 1.165) is 38.0 Å². The Kier molecular flexibility index (Phi) is 5.77. The average Bonchev–Trinajstić information content (AvgIpc) is 2.48. The van der Waals surface area contributed by atoms with Crippen molar-refractivity contribution in [1.82, 2.24) is 4.98 Å². The van der Waals surface area contributed by atoms with Crippen molar-refractivity contribution < 1.29 is 4.74 Å². The zero-order valence-electron chi connectivity index (χ0n) is 13.8. The molecular weight excluding hydrogens is 260 g/mol. The number of rotatable bonds is 6. The largest absolute Gasteiger partial charge is 0.374 e. The molecule has 2 rings (SSSR count). The molecule has 3 atom stereocenters. The lowest BCUT2D eigenvalue weighted by molar-refractivity contribution is -0.0926. The monoisotopic (exact) mass is 290 g/mol. The van der Waals surface area contributed by atoms with E-state index in [-0.39, 0.29) is 11.6 Å². The Morgan fingerprint density at radius 1 is 1.43 bits per heavy atom. The van der Waals surface area contributed by atoms with Gasteiger partial charge >= 0.3 is 0 Å². The van der Waals surface area contributed by atoms with Gasteiger partial charge in [-0.15, -0.1) is 0 Å². The van der Waals surface area contributed by atoms with Crippen LogP contribution in [0, 0.1) is 5.92 Å². The van der Waals surface area contributed by atoms with Gasteiger partial charge in [-0.25, -0.2) is 0 Å². The third-order valence-corrected chi connectivity index (χ3v) is 4.82. The maximum Gasteiger partial charge on any atom is 0.0838 e. The number of nitrogens with two attached hydrogens (primary N) is 1. The van der Waals surface area contributed by atoms with Gasteiger partial charge in [0.1, 0.15) is 0 Å². The van der Waals surface area contributed by atoms with Crippen LogP contribution >= 0.6 is 0 Å². The molecule has 0 aromatic carbocycles. The lowest BCUT2D eigenvalue weighted by atomic mass is 9.73. The molecule has 1 fully saturated rings. The van der Waals surface area contributed by atoms with Gasteiger partial charge in [0.25, 0.3) is 0 Å². The third kappa shape index (κ3) is 4.04. The van der Waals surface area contributed by atoms with Crippen molar-refractivity contribution in [2.24, 2.45) is 11.7 Å². The van der Waals surface area contributed by atoms with E-state index < -0.39 is 0 Å². The van der Waals surface area contributed by atoms with Crippen molar-refractivity contribution in [2.75, 3.05) is 6.61 Å². The number of aromatic nitrogens is 1. The molecular formula is C18H30N2O. The summed E-state index contributed by atoms with van der Waals surface area (Å²) >= 11 is 0. The predicted octanol–water partition coefficient (Wildman–Crippen LogP) is 3.50. The number of ether oxygens (including phenoxy) is 1. The molecule has 3 unspecified atom stereocenters. The van der Waals surface area contributed by atoms with Crippen LogP contribution in [-0.4, -0.2) is 23.2 Å². The van der Waals surface area contributed by atoms with E-state index in [0.29, 0.717) is 5.92 Å². The Bertz CT molecular complexity index is 427. The number of aryl methyl sites for hydroxylation is 1. The van der Waals surface area contributed by atoms with Gasteiger partial charge in [0.05, 0.1) is 5.60 Å². The van der Waals surface area contributed by atoms with E-state index in [1.807, 2.05) is 6.20 Å². The van der Waals surface area contributed by atoms with Crippen LogP contribution in [0.3, 0.4) is 0 Å². The molecule has 1 saturated carbocycles. The zero-order chi connectivity index (χ0) is 15.3. The maximum absolute atomic E-state index is 6.57. The first-order valence-electron chi connectivity index (χ1n) is 8.43. The van der Waals surface area contributed by atoms with Crippen molar-refractivity contribution in [3.05, 3.63) is 29.6 Å². The highest BCUT2D eigenvalue weighted by atomic mass is 16.5. The number of pyridine rings is 1. The summed E-state index contributed by atoms with van der Waals surface area (Å²) < 4.78 is 6.17. The molecule has 2 N–H and O–H groups in total. The first-order chi connectivity index (χ1) is 10.1. The van der Waals surface area contributed by atoms with Crippen LogP contribution in [-0.2, 0) is 17.6 Å². The number of hydrogen-bond acceptors (Lipinski definition) is 3. The van der Waals surface area contributed by atoms with Crippen molar-refractivity contribution in [1.29, 1.82) is 0 Å². The van der Waals surface area contributed by atoms with Gasteiger partial charge in [-0.05, 0) is 43.7 Å². The van der Waals surface area contributed by atoms with Crippen LogP contribution in [0.1, 0.15) is 57.7 Å². The average molecular weight is 290 g/mol. The van der Waals surface area contributed by atoms with E-state index in [4.69, 9.17) is 10.5 Å². The summed E-state index contributed by atoms with van der Waals surface area (Å²) in [6.45, 7) is 7.27. The Morgan fingerprint density at radius 2 is 2.24 bits per heavy atom. The van der Waals surface area contributed by atoms with Gasteiger partial charge in [-0.3, -0.25) is 4.98 Å². The second kappa shape index (κ2) is 7.37. The normalized spacial score (nSPS) is 27.5. The molecule has 0 radical (unpaired) electrons. The Morgan fingerprint density at radius 3 is 2.81 bits per heavy atom. The van der Waals surface area contributed by atoms with Gasteiger partial charge in [-0.1, -0.05) is 32.8 Å². The summed E-state index contributed by atoms with van der Waals surface area (Å²) in [6.07, 6.45) is 8.48. The first kappa shape index (κ1) is 16.4. The molecule has 118 valence electrons. The summed E-state index contributed by atoms with van der Waals surface area (Å²) in [5.41, 5.74) is 8.77. The number of hydrogen-bond donors (Lipinski definition) is 1. The summed E-state index contributed by atoms with van der Waals surface area (Å²) in [6, 6.07) is 4.30. The van der Waals surface area contributed by atoms with E-state index in [1.165, 1.54) is 18.4 Å². The van der Waals surface area contributed by atoms with Crippen LogP contribution in [0.2, 0.25) is 0 Å². The minimum absolute atomic E-state index is 0.0279. The SMILES string of the molecule is CCOC1(C(N)Cc2ccc(CC)cn2)CCCC(C)C1. The Hall–Kier alpha value is -0.930. The molecule has 0 aliphatic heterocycles. The van der Waals surface area contributed by atoms with E-state index in [1.54, 1.807) is 0 Å². The van der Waals surface area contributed by atoms with Crippen LogP contribution in [0.15, 0.2) is 18.3 Å². The quantitative estimate of drug-likeness (QED) is 0.872. The van der Waals surface area contributed by atoms with Crippen LogP contribution in [0.25, 0.3) is 0 Å². The van der Waals surface area contributed by atoms with Crippen molar-refractivity contribution in [3.63, 3.8) is 0 Å². The molecule has 1 aliphatic rings. The summed E-state index contributed by atoms with van der Waals surface area (Å²) in [5, 5.41) is 0. The highest BCUT2D eigenvalue weighted by Gasteiger charge is 2.41. The first-order valence-corrected chi connectivity index (χ1v) is 8.43. The minimum atomic E-state index is -0.155. The molecule has 0 amide bonds. The second-order valence-corrected chi connectivity index (χ2v) is 6.52. The third-order valence-electron chi connectivity index (χ3n) is 4.82. The molecule has 0 bridgehead atoms. The van der Waals surface area contributed by atoms with Crippen molar-refractivity contribution in [2.45, 2.75) is 70.9 Å². The van der Waals surface area contributed by atoms with Crippen molar-refractivity contribution in [3.8, 4) is 0 Å². The van der Waals surface area contributed by atoms with E-state index in [2.05, 4.69) is 37.9 Å². The minimum Gasteiger partial charge on any atom is -0.374 e. The van der Waals surface area contributed by atoms with Crippen LogP contribution < -0.4 is 5.73 Å². The fourth-order valence-corrected chi connectivity index (χ4v) is 3.60. The molecule has 1 aliphatic carbocycles. The topological polar surface area (TPSA) is 48.1 Å². The fraction of sp³-hybridized carbons (Fsp3) is 0.722. The number of nitrogens with zero attached hydrogens (tertiary/aromatic N) is 1. The molecule has 1 aromatic heterocycles. The smallest absolute Gasteiger partial charge is 0.0838 e. The fourth-order valence-electron chi connectivity index (χ4n) is 3.60. The molecule has 0 saturated heterocycles. The second-order valence-electron chi connectivity index (χ2n) is 6.52. The standard InChI is InChI=1S/C18H30N2O/c1-4-15-8-9-16(20-13-15)11-17(19)18(21-5-2)10-6-7-14(3)12-18/h8-9,13-14,17H,4-7,10-12,19H2,1-3H3. The van der Waals surface area contributed by atoms with Crippen LogP contribution in [0.5, 0.6) is 0 Å². The molecule has 3 heteroatoms. The lowest BCUT2D eigenvalue weighted by Crippen LogP contribution is -2.53. The van der Waals surface area contributed by atoms with Gasteiger partial charge in [0, 0.05) is 31.0 Å². The summed E-state index contributed by atoms with van der Waals surface area (Å²) in [5.74, 6) is 0.701. The highest BCUT2D eigenvalue weighted by Crippen LogP contribution is 2.37. The maximum atomic E-state index is 6.57. The van der Waals surface area contributed by atoms with Gasteiger partial charge in [0.15, 0.2) is 0 Å². The molecule has 1 heterocycles. The summed E-state index contributed by atoms with van der Waals surface area (Å²) in [7, 11) is 0. The predicted molar refractivity (Wildman–Crippen MR) is 87.3 cm³/mol. The van der Waals surface area contributed by atoms with Crippen LogP contribution in [0.4, 0.5) is 0 Å².